The number of nitrogens with zero attached hydrogens (tertiary/aromatic N) is 2. The van der Waals surface area contributed by atoms with Gasteiger partial charge in [-0.15, -0.1) is 0 Å². The molecular weight excluding hydrogens is 683 g/mol. The van der Waals surface area contributed by atoms with Gasteiger partial charge in [0.05, 0.1) is 35.6 Å². The highest BCUT2D eigenvalue weighted by Crippen LogP contribution is 2.43. The molecule has 2 unspecified atom stereocenters. The van der Waals surface area contributed by atoms with Crippen molar-refractivity contribution in [1.29, 1.82) is 0 Å². The molecule has 0 aliphatic rings. The van der Waals surface area contributed by atoms with E-state index in [0.29, 0.717) is 21.9 Å². The Labute approximate surface area is 320 Å². The van der Waals surface area contributed by atoms with E-state index < -0.39 is 0 Å². The molecule has 272 valence electrons. The van der Waals surface area contributed by atoms with Crippen LogP contribution in [-0.2, 0) is 0 Å². The molecule has 52 heavy (non-hydrogen) atoms. The average molecular weight is 736 g/mol. The van der Waals surface area contributed by atoms with Gasteiger partial charge in [-0.3, -0.25) is 0 Å². The maximum atomic E-state index is 6.65. The third kappa shape index (κ3) is 8.73. The van der Waals surface area contributed by atoms with Crippen molar-refractivity contribution in [2.24, 2.45) is 11.8 Å². The Morgan fingerprint density at radius 1 is 0.577 bits per heavy atom. The highest BCUT2D eigenvalue weighted by molar-refractivity contribution is 6.32. The van der Waals surface area contributed by atoms with Crippen molar-refractivity contribution in [3.8, 4) is 17.2 Å². The van der Waals surface area contributed by atoms with Gasteiger partial charge in [-0.25, -0.2) is 0 Å². The van der Waals surface area contributed by atoms with E-state index in [0.717, 1.165) is 82.1 Å². The zero-order chi connectivity index (χ0) is 36.5. The van der Waals surface area contributed by atoms with E-state index in [1.165, 1.54) is 38.5 Å². The normalized spacial score (nSPS) is 12.7. The van der Waals surface area contributed by atoms with E-state index in [9.17, 15) is 0 Å². The molecule has 0 amide bonds. The number of ether oxygens (including phenoxy) is 2. The molecule has 0 radical (unpaired) electrons. The Bertz CT molecular complexity index is 1910. The zero-order valence-electron chi connectivity index (χ0n) is 31.1. The van der Waals surface area contributed by atoms with E-state index >= 15 is 0 Å². The van der Waals surface area contributed by atoms with Crippen molar-refractivity contribution in [3.63, 3.8) is 0 Å². The van der Waals surface area contributed by atoms with Crippen LogP contribution in [0.1, 0.15) is 79.1 Å². The molecule has 6 aromatic rings. The summed E-state index contributed by atoms with van der Waals surface area (Å²) in [6.45, 7) is 10.5. The van der Waals surface area contributed by atoms with Gasteiger partial charge < -0.3 is 18.9 Å². The second kappa shape index (κ2) is 18.1. The SMILES string of the molecule is CCCCC(CC)COc1ccc(N(c2ccc(OCC(CC)CCCC)cc2)c2ccccc2-n2c3cc(Cl)ccc3c3ccc(Cl)cc32)cc1. The van der Waals surface area contributed by atoms with Gasteiger partial charge in [0.2, 0.25) is 0 Å². The fourth-order valence-corrected chi connectivity index (χ4v) is 7.43. The first-order valence-corrected chi connectivity index (χ1v) is 19.9. The van der Waals surface area contributed by atoms with Crippen LogP contribution in [0.3, 0.4) is 0 Å². The van der Waals surface area contributed by atoms with E-state index in [-0.39, 0.29) is 0 Å². The Balaban J connectivity index is 1.42. The Morgan fingerprint density at radius 2 is 1.04 bits per heavy atom. The Morgan fingerprint density at radius 3 is 1.48 bits per heavy atom. The van der Waals surface area contributed by atoms with Gasteiger partial charge >= 0.3 is 0 Å². The fourth-order valence-electron chi connectivity index (χ4n) is 7.10. The summed E-state index contributed by atoms with van der Waals surface area (Å²) in [4.78, 5) is 2.31. The molecule has 5 aromatic carbocycles. The topological polar surface area (TPSA) is 26.6 Å². The number of hydrogen-bond donors (Lipinski definition) is 0. The number of hydrogen-bond acceptors (Lipinski definition) is 3. The minimum atomic E-state index is 0.566. The van der Waals surface area contributed by atoms with Crippen molar-refractivity contribution < 1.29 is 9.47 Å². The van der Waals surface area contributed by atoms with Crippen LogP contribution in [0, 0.1) is 11.8 Å². The first-order chi connectivity index (χ1) is 25.4. The lowest BCUT2D eigenvalue weighted by Crippen LogP contribution is -2.14. The lowest BCUT2D eigenvalue weighted by atomic mass is 10.0. The fraction of sp³-hybridized carbons (Fsp3) is 0.348. The quantitative estimate of drug-likeness (QED) is 0.0879. The van der Waals surface area contributed by atoms with Gasteiger partial charge in [0.1, 0.15) is 11.5 Å². The van der Waals surface area contributed by atoms with Crippen molar-refractivity contribution >= 4 is 62.1 Å². The molecule has 0 aliphatic heterocycles. The summed E-state index contributed by atoms with van der Waals surface area (Å²) in [6.07, 6.45) is 9.55. The van der Waals surface area contributed by atoms with Crippen LogP contribution in [0.5, 0.6) is 11.5 Å². The first-order valence-electron chi connectivity index (χ1n) is 19.2. The summed E-state index contributed by atoms with van der Waals surface area (Å²) in [5.41, 5.74) is 6.11. The average Bonchev–Trinajstić information content (AvgIpc) is 3.48. The Hall–Kier alpha value is -4.12. The number of anilines is 3. The van der Waals surface area contributed by atoms with Gasteiger partial charge in [-0.2, -0.15) is 0 Å². The van der Waals surface area contributed by atoms with E-state index in [2.05, 4.69) is 122 Å². The molecule has 2 atom stereocenters. The van der Waals surface area contributed by atoms with Crippen molar-refractivity contribution in [1.82, 2.24) is 4.57 Å². The second-order valence-electron chi connectivity index (χ2n) is 13.9. The lowest BCUT2D eigenvalue weighted by Gasteiger charge is -2.29. The summed E-state index contributed by atoms with van der Waals surface area (Å²) in [6, 6.07) is 37.7. The monoisotopic (exact) mass is 734 g/mol. The molecular formula is C46H52Cl2N2O2. The smallest absolute Gasteiger partial charge is 0.119 e. The third-order valence-corrected chi connectivity index (χ3v) is 10.8. The summed E-state index contributed by atoms with van der Waals surface area (Å²) >= 11 is 13.3. The maximum Gasteiger partial charge on any atom is 0.119 e. The number of benzene rings is 5. The summed E-state index contributed by atoms with van der Waals surface area (Å²) in [5, 5.41) is 3.61. The van der Waals surface area contributed by atoms with E-state index in [4.69, 9.17) is 32.7 Å². The molecule has 4 nitrogen and oxygen atoms in total. The van der Waals surface area contributed by atoms with Crippen molar-refractivity contribution in [2.75, 3.05) is 18.1 Å². The van der Waals surface area contributed by atoms with E-state index in [1.807, 2.05) is 24.3 Å². The number of halogens is 2. The number of para-hydroxylation sites is 2. The summed E-state index contributed by atoms with van der Waals surface area (Å²) in [5.74, 6) is 2.90. The summed E-state index contributed by atoms with van der Waals surface area (Å²) in [7, 11) is 0. The predicted octanol–water partition coefficient (Wildman–Crippen LogP) is 14.8. The van der Waals surface area contributed by atoms with Gasteiger partial charge in [0, 0.05) is 32.2 Å². The third-order valence-electron chi connectivity index (χ3n) is 10.3. The van der Waals surface area contributed by atoms with Crippen LogP contribution in [0.4, 0.5) is 17.1 Å². The van der Waals surface area contributed by atoms with E-state index in [1.54, 1.807) is 0 Å². The number of fused-ring (bicyclic) bond motifs is 3. The predicted molar refractivity (Wildman–Crippen MR) is 223 cm³/mol. The van der Waals surface area contributed by atoms with Gasteiger partial charge in [-0.1, -0.05) is 114 Å². The van der Waals surface area contributed by atoms with Crippen LogP contribution in [0.15, 0.2) is 109 Å². The molecule has 1 heterocycles. The molecule has 0 fully saturated rings. The highest BCUT2D eigenvalue weighted by Gasteiger charge is 2.21. The molecule has 1 aromatic heterocycles. The number of rotatable bonds is 18. The highest BCUT2D eigenvalue weighted by atomic mass is 35.5. The standard InChI is InChI=1S/C46H52Cl2N2O2/c1-5-9-13-33(7-3)31-51-39-23-19-37(20-24-39)49(38-21-25-40(26-22-38)52-32-34(8-4)14-10-6-2)43-15-11-12-16-44(43)50-45-29-35(47)17-27-41(45)42-28-18-36(48)30-46(42)50/h11-12,15-30,33-34H,5-10,13-14,31-32H2,1-4H3. The lowest BCUT2D eigenvalue weighted by molar-refractivity contribution is 0.233. The van der Waals surface area contributed by atoms with Crippen LogP contribution in [-0.4, -0.2) is 17.8 Å². The largest absolute Gasteiger partial charge is 0.493 e. The molecule has 6 heteroatoms. The van der Waals surface area contributed by atoms with Gasteiger partial charge in [0.15, 0.2) is 0 Å². The molecule has 0 N–H and O–H groups in total. The molecule has 0 spiro atoms. The van der Waals surface area contributed by atoms with Crippen LogP contribution < -0.4 is 14.4 Å². The number of unbranched alkanes of at least 4 members (excludes halogenated alkanes) is 2. The van der Waals surface area contributed by atoms with Crippen LogP contribution in [0.25, 0.3) is 27.5 Å². The molecule has 0 aliphatic carbocycles. The zero-order valence-corrected chi connectivity index (χ0v) is 32.6. The minimum absolute atomic E-state index is 0.566. The second-order valence-corrected chi connectivity index (χ2v) is 14.8. The summed E-state index contributed by atoms with van der Waals surface area (Å²) < 4.78 is 14.9. The Kier molecular flexibility index (Phi) is 13.1. The van der Waals surface area contributed by atoms with Gasteiger partial charge in [0.25, 0.3) is 0 Å². The van der Waals surface area contributed by atoms with Gasteiger partial charge in [-0.05, 0) is 110 Å². The molecule has 0 saturated carbocycles. The van der Waals surface area contributed by atoms with Crippen LogP contribution in [0.2, 0.25) is 10.0 Å². The molecule has 0 saturated heterocycles. The van der Waals surface area contributed by atoms with Crippen LogP contribution >= 0.6 is 23.2 Å². The first kappa shape index (κ1) is 37.6. The molecule has 0 bridgehead atoms. The van der Waals surface area contributed by atoms with Crippen molar-refractivity contribution in [2.45, 2.75) is 79.1 Å². The molecule has 6 rings (SSSR count). The maximum absolute atomic E-state index is 6.65. The van der Waals surface area contributed by atoms with Crippen molar-refractivity contribution in [3.05, 3.63) is 119 Å². The number of aromatic nitrogens is 1. The minimum Gasteiger partial charge on any atom is -0.493 e.